The zero-order valence-electron chi connectivity index (χ0n) is 14.4. The number of H-pyrrole nitrogens is 1. The fourth-order valence-corrected chi connectivity index (χ4v) is 2.15. The lowest BCUT2D eigenvalue weighted by molar-refractivity contribution is -0.117. The summed E-state index contributed by atoms with van der Waals surface area (Å²) in [6.45, 7) is 0.121. The molecule has 5 N–H and O–H groups in total. The Morgan fingerprint density at radius 3 is 2.37 bits per heavy atom. The van der Waals surface area contributed by atoms with Crippen LogP contribution in [0.1, 0.15) is 16.8 Å². The highest BCUT2D eigenvalue weighted by molar-refractivity contribution is 5.99. The maximum Gasteiger partial charge on any atom is 0.255 e. The van der Waals surface area contributed by atoms with Gasteiger partial charge in [0.05, 0.1) is 17.5 Å². The molecule has 1 aromatic heterocycles. The predicted molar refractivity (Wildman–Crippen MR) is 98.2 cm³/mol. The third-order valence-corrected chi connectivity index (χ3v) is 3.44. The fourth-order valence-electron chi connectivity index (χ4n) is 2.15. The number of carbonyl (C=O) groups excluding carboxylic acids is 2. The number of primary amides is 1. The number of aromatic amines is 1. The van der Waals surface area contributed by atoms with Crippen LogP contribution in [0.5, 0.6) is 5.75 Å². The van der Waals surface area contributed by atoms with Crippen LogP contribution in [0.3, 0.4) is 0 Å². The molecule has 140 valence electrons. The van der Waals surface area contributed by atoms with Crippen molar-refractivity contribution in [2.45, 2.75) is 6.42 Å². The Bertz CT molecular complexity index is 897. The van der Waals surface area contributed by atoms with Gasteiger partial charge in [-0.15, -0.1) is 0 Å². The van der Waals surface area contributed by atoms with Gasteiger partial charge in [-0.1, -0.05) is 30.3 Å². The minimum Gasteiger partial charge on any atom is -0.508 e. The smallest absolute Gasteiger partial charge is 0.255 e. The van der Waals surface area contributed by atoms with Gasteiger partial charge in [-0.05, 0) is 24.3 Å². The minimum atomic E-state index is -0.508. The van der Waals surface area contributed by atoms with Gasteiger partial charge in [0.1, 0.15) is 11.6 Å². The van der Waals surface area contributed by atoms with Crippen molar-refractivity contribution in [1.82, 2.24) is 15.5 Å². The molecular formula is C19H19FN4O3. The summed E-state index contributed by atoms with van der Waals surface area (Å²) in [5, 5.41) is 17.5. The number of rotatable bonds is 5. The molecule has 2 aromatic carbocycles. The number of aromatic hydroxyl groups is 1. The number of amides is 2. The number of halogens is 1. The molecule has 0 aliphatic heterocycles. The second-order valence-electron chi connectivity index (χ2n) is 5.45. The Morgan fingerprint density at radius 2 is 1.78 bits per heavy atom. The van der Waals surface area contributed by atoms with E-state index in [2.05, 4.69) is 15.5 Å². The molecule has 0 spiro atoms. The van der Waals surface area contributed by atoms with Crippen molar-refractivity contribution in [2.24, 2.45) is 5.73 Å². The summed E-state index contributed by atoms with van der Waals surface area (Å²) in [6.07, 6.45) is 1.35. The van der Waals surface area contributed by atoms with E-state index >= 15 is 0 Å². The van der Waals surface area contributed by atoms with Crippen molar-refractivity contribution < 1.29 is 19.1 Å². The van der Waals surface area contributed by atoms with E-state index in [0.717, 1.165) is 0 Å². The number of para-hydroxylation sites is 1. The fraction of sp³-hybridized carbons (Fsp3) is 0.105. The van der Waals surface area contributed by atoms with Crippen LogP contribution in [0.2, 0.25) is 0 Å². The molecule has 2 amide bonds. The molecule has 0 saturated carbocycles. The first-order chi connectivity index (χ1) is 13.0. The van der Waals surface area contributed by atoms with Gasteiger partial charge in [0.25, 0.3) is 5.91 Å². The number of phenols is 1. The lowest BCUT2D eigenvalue weighted by atomic mass is 10.1. The van der Waals surface area contributed by atoms with E-state index in [0.29, 0.717) is 11.4 Å². The highest BCUT2D eigenvalue weighted by Crippen LogP contribution is 2.23. The Balaban J connectivity index is 0.000000313. The van der Waals surface area contributed by atoms with Crippen LogP contribution in [0, 0.1) is 5.82 Å². The average molecular weight is 370 g/mol. The van der Waals surface area contributed by atoms with Gasteiger partial charge in [0, 0.05) is 18.5 Å². The molecule has 0 fully saturated rings. The van der Waals surface area contributed by atoms with E-state index < -0.39 is 17.6 Å². The quantitative estimate of drug-likeness (QED) is 0.550. The molecule has 8 heteroatoms. The highest BCUT2D eigenvalue weighted by Gasteiger charge is 2.17. The minimum absolute atomic E-state index is 0.0403. The van der Waals surface area contributed by atoms with Crippen molar-refractivity contribution in [3.8, 4) is 17.0 Å². The summed E-state index contributed by atoms with van der Waals surface area (Å²) in [5.74, 6) is -1.09. The van der Waals surface area contributed by atoms with Crippen LogP contribution in [-0.4, -0.2) is 33.7 Å². The van der Waals surface area contributed by atoms with E-state index in [1.165, 1.54) is 12.3 Å². The number of aromatic nitrogens is 2. The number of hydrogen-bond acceptors (Lipinski definition) is 4. The number of nitrogens with one attached hydrogen (secondary N) is 2. The van der Waals surface area contributed by atoms with Crippen molar-refractivity contribution in [1.29, 1.82) is 0 Å². The summed E-state index contributed by atoms with van der Waals surface area (Å²) < 4.78 is 13.7. The van der Waals surface area contributed by atoms with Gasteiger partial charge >= 0.3 is 0 Å². The maximum atomic E-state index is 13.7. The Hall–Kier alpha value is -3.68. The molecule has 0 aliphatic rings. The summed E-state index contributed by atoms with van der Waals surface area (Å²) in [4.78, 5) is 22.6. The van der Waals surface area contributed by atoms with Crippen LogP contribution < -0.4 is 11.1 Å². The van der Waals surface area contributed by atoms with E-state index in [1.807, 2.05) is 6.07 Å². The largest absolute Gasteiger partial charge is 0.508 e. The summed E-state index contributed by atoms with van der Waals surface area (Å²) >= 11 is 0. The molecule has 0 saturated heterocycles. The Labute approximate surface area is 155 Å². The monoisotopic (exact) mass is 370 g/mol. The van der Waals surface area contributed by atoms with Gasteiger partial charge < -0.3 is 16.2 Å². The lowest BCUT2D eigenvalue weighted by Gasteiger charge is -2.05. The van der Waals surface area contributed by atoms with Gasteiger partial charge in [-0.3, -0.25) is 14.7 Å². The van der Waals surface area contributed by atoms with Crippen molar-refractivity contribution in [3.05, 3.63) is 72.2 Å². The lowest BCUT2D eigenvalue weighted by Crippen LogP contribution is -2.28. The topological polar surface area (TPSA) is 121 Å². The average Bonchev–Trinajstić information content (AvgIpc) is 3.12. The van der Waals surface area contributed by atoms with E-state index in [-0.39, 0.29) is 24.1 Å². The second-order valence-corrected chi connectivity index (χ2v) is 5.45. The van der Waals surface area contributed by atoms with Gasteiger partial charge in [0.15, 0.2) is 0 Å². The standard InChI is InChI=1S/C13H13FN4O2.C6H6O/c14-10-4-2-1-3-8(10)12-9(7-17-18-12)13(20)16-6-5-11(15)19;7-6-4-2-1-3-5-6/h1-4,7H,5-6H2,(H2,15,19)(H,16,20)(H,17,18);1-5,7H. The SMILES string of the molecule is NC(=O)CCNC(=O)c1cn[nH]c1-c1ccccc1F.Oc1ccccc1. The highest BCUT2D eigenvalue weighted by atomic mass is 19.1. The molecule has 1 heterocycles. The zero-order chi connectivity index (χ0) is 19.6. The first-order valence-corrected chi connectivity index (χ1v) is 8.08. The molecule has 3 rings (SSSR count). The Morgan fingerprint density at radius 1 is 1.11 bits per heavy atom. The van der Waals surface area contributed by atoms with Gasteiger partial charge in [0.2, 0.25) is 5.91 Å². The molecule has 7 nitrogen and oxygen atoms in total. The van der Waals surface area contributed by atoms with Crippen molar-refractivity contribution in [3.63, 3.8) is 0 Å². The normalized spacial score (nSPS) is 9.81. The van der Waals surface area contributed by atoms with Crippen LogP contribution in [0.25, 0.3) is 11.3 Å². The molecule has 0 bridgehead atoms. The van der Waals surface area contributed by atoms with E-state index in [4.69, 9.17) is 10.8 Å². The third-order valence-electron chi connectivity index (χ3n) is 3.44. The number of hydrogen-bond donors (Lipinski definition) is 4. The third kappa shape index (κ3) is 5.96. The number of benzene rings is 2. The van der Waals surface area contributed by atoms with Crippen LogP contribution >= 0.6 is 0 Å². The number of nitrogens with two attached hydrogens (primary N) is 1. The van der Waals surface area contributed by atoms with Gasteiger partial charge in [-0.2, -0.15) is 5.10 Å². The number of nitrogens with zero attached hydrogens (tertiary/aromatic N) is 1. The second kappa shape index (κ2) is 9.71. The van der Waals surface area contributed by atoms with E-state index in [9.17, 15) is 14.0 Å². The van der Waals surface area contributed by atoms with Gasteiger partial charge in [-0.25, -0.2) is 4.39 Å². The van der Waals surface area contributed by atoms with Crippen molar-refractivity contribution >= 4 is 11.8 Å². The summed E-state index contributed by atoms with van der Waals surface area (Å²) in [6, 6.07) is 14.8. The van der Waals surface area contributed by atoms with Crippen molar-refractivity contribution in [2.75, 3.05) is 6.54 Å². The zero-order valence-corrected chi connectivity index (χ0v) is 14.4. The maximum absolute atomic E-state index is 13.7. The molecule has 3 aromatic rings. The molecule has 27 heavy (non-hydrogen) atoms. The molecule has 0 unspecified atom stereocenters. The van der Waals surface area contributed by atoms with E-state index in [1.54, 1.807) is 42.5 Å². The van der Waals surface area contributed by atoms with Crippen LogP contribution in [0.15, 0.2) is 60.8 Å². The molecule has 0 aliphatic carbocycles. The van der Waals surface area contributed by atoms with Crippen LogP contribution in [0.4, 0.5) is 4.39 Å². The molecule has 0 atom stereocenters. The summed E-state index contributed by atoms with van der Waals surface area (Å²) in [5.41, 5.74) is 5.73. The summed E-state index contributed by atoms with van der Waals surface area (Å²) in [7, 11) is 0. The number of phenolic OH excluding ortho intramolecular Hbond substituents is 1. The first kappa shape index (κ1) is 19.6. The van der Waals surface area contributed by atoms with Crippen LogP contribution in [-0.2, 0) is 4.79 Å². The number of carbonyl (C=O) groups is 2. The molecular weight excluding hydrogens is 351 g/mol. The Kier molecular flexibility index (Phi) is 7.07. The first-order valence-electron chi connectivity index (χ1n) is 8.08. The predicted octanol–water partition coefficient (Wildman–Crippen LogP) is 2.21. The molecule has 0 radical (unpaired) electrons.